The molecule has 0 N–H and O–H groups in total. The maximum absolute atomic E-state index is 5.69. The molecule has 1 heterocycles. The first-order valence-electron chi connectivity index (χ1n) is 6.06. The van der Waals surface area contributed by atoms with Crippen LogP contribution in [-0.2, 0) is 9.47 Å². The van der Waals surface area contributed by atoms with Crippen molar-refractivity contribution in [2.45, 2.75) is 45.3 Å². The van der Waals surface area contributed by atoms with Crippen molar-refractivity contribution in [2.24, 2.45) is 0 Å². The fourth-order valence-electron chi connectivity index (χ4n) is 2.23. The van der Waals surface area contributed by atoms with Gasteiger partial charge in [-0.25, -0.2) is 0 Å². The summed E-state index contributed by atoms with van der Waals surface area (Å²) < 4.78 is 11.4. The van der Waals surface area contributed by atoms with Gasteiger partial charge < -0.3 is 9.47 Å². The third-order valence-electron chi connectivity index (χ3n) is 3.16. The van der Waals surface area contributed by atoms with Crippen LogP contribution in [0.25, 0.3) is 0 Å². The van der Waals surface area contributed by atoms with Crippen LogP contribution in [0.4, 0.5) is 0 Å². The van der Waals surface area contributed by atoms with E-state index in [2.05, 4.69) is 25.7 Å². The Morgan fingerprint density at radius 2 is 1.81 bits per heavy atom. The van der Waals surface area contributed by atoms with E-state index in [1.807, 2.05) is 6.08 Å². The van der Waals surface area contributed by atoms with E-state index in [0.717, 1.165) is 38.9 Å². The van der Waals surface area contributed by atoms with Crippen molar-refractivity contribution < 1.29 is 9.47 Å². The molecule has 0 radical (unpaired) electrons. The molecule has 1 saturated carbocycles. The Hall–Kier alpha value is -0.820. The molecular formula is C14H20O2. The summed E-state index contributed by atoms with van der Waals surface area (Å²) in [4.78, 5) is 0. The van der Waals surface area contributed by atoms with Crippen LogP contribution in [0, 0.1) is 0 Å². The molecule has 2 heteroatoms. The largest absolute Gasteiger partial charge is 0.348 e. The van der Waals surface area contributed by atoms with Crippen molar-refractivity contribution in [1.82, 2.24) is 0 Å². The molecule has 16 heavy (non-hydrogen) atoms. The van der Waals surface area contributed by atoms with E-state index >= 15 is 0 Å². The Balaban J connectivity index is 1.92. The van der Waals surface area contributed by atoms with E-state index in [-0.39, 0.29) is 5.79 Å². The second-order valence-electron chi connectivity index (χ2n) is 4.74. The lowest BCUT2D eigenvalue weighted by atomic mass is 9.89. The van der Waals surface area contributed by atoms with Gasteiger partial charge in [-0.05, 0) is 38.3 Å². The molecule has 1 aliphatic heterocycles. The fraction of sp³-hybridized carbons (Fsp3) is 0.643. The van der Waals surface area contributed by atoms with Gasteiger partial charge in [0.25, 0.3) is 0 Å². The average Bonchev–Trinajstić information content (AvgIpc) is 2.70. The Morgan fingerprint density at radius 1 is 1.19 bits per heavy atom. The molecule has 2 nitrogen and oxygen atoms in total. The Bertz CT molecular complexity index is 324. The summed E-state index contributed by atoms with van der Waals surface area (Å²) in [7, 11) is 0. The zero-order chi connectivity index (χ0) is 11.4. The molecule has 0 aromatic heterocycles. The quantitative estimate of drug-likeness (QED) is 0.631. The number of allylic oxidation sites excluding steroid dienone is 3. The lowest BCUT2D eigenvalue weighted by molar-refractivity contribution is -0.171. The SMILES string of the molecule is CC(C)=C=CC=C1CCC2(CC1)OCCO2. The van der Waals surface area contributed by atoms with E-state index in [0.29, 0.717) is 0 Å². The molecule has 0 bridgehead atoms. The van der Waals surface area contributed by atoms with Crippen LogP contribution in [0.15, 0.2) is 29.0 Å². The van der Waals surface area contributed by atoms with Gasteiger partial charge in [-0.1, -0.05) is 11.6 Å². The van der Waals surface area contributed by atoms with Crippen LogP contribution in [-0.4, -0.2) is 19.0 Å². The zero-order valence-electron chi connectivity index (χ0n) is 10.2. The normalized spacial score (nSPS) is 23.0. The smallest absolute Gasteiger partial charge is 0.169 e. The zero-order valence-corrected chi connectivity index (χ0v) is 10.2. The van der Waals surface area contributed by atoms with Crippen molar-refractivity contribution in [3.8, 4) is 0 Å². The molecule has 2 aliphatic rings. The summed E-state index contributed by atoms with van der Waals surface area (Å²) >= 11 is 0. The van der Waals surface area contributed by atoms with Gasteiger partial charge in [-0.15, -0.1) is 5.73 Å². The number of ether oxygens (including phenoxy) is 2. The summed E-state index contributed by atoms with van der Waals surface area (Å²) in [6.07, 6.45) is 8.39. The summed E-state index contributed by atoms with van der Waals surface area (Å²) in [6, 6.07) is 0. The first-order valence-corrected chi connectivity index (χ1v) is 6.06. The van der Waals surface area contributed by atoms with E-state index in [4.69, 9.17) is 9.47 Å². The standard InChI is InChI=1S/C14H20O2/c1-12(2)4-3-5-13-6-8-14(9-7-13)15-10-11-16-14/h3,5H,6-11H2,1-2H3. The van der Waals surface area contributed by atoms with Crippen LogP contribution in [0.5, 0.6) is 0 Å². The van der Waals surface area contributed by atoms with Gasteiger partial charge in [0, 0.05) is 12.8 Å². The monoisotopic (exact) mass is 220 g/mol. The van der Waals surface area contributed by atoms with E-state index < -0.39 is 0 Å². The van der Waals surface area contributed by atoms with Gasteiger partial charge in [0.1, 0.15) is 0 Å². The minimum atomic E-state index is -0.239. The maximum Gasteiger partial charge on any atom is 0.169 e. The Morgan fingerprint density at radius 3 is 2.38 bits per heavy atom. The van der Waals surface area contributed by atoms with Crippen LogP contribution < -0.4 is 0 Å². The second kappa shape index (κ2) is 5.01. The molecule has 88 valence electrons. The van der Waals surface area contributed by atoms with Crippen LogP contribution in [0.2, 0.25) is 0 Å². The Labute approximate surface area is 97.6 Å². The molecule has 0 aromatic carbocycles. The third kappa shape index (κ3) is 2.85. The molecular weight excluding hydrogens is 200 g/mol. The van der Waals surface area contributed by atoms with Crippen LogP contribution in [0.1, 0.15) is 39.5 Å². The molecule has 2 fully saturated rings. The van der Waals surface area contributed by atoms with Gasteiger partial charge >= 0.3 is 0 Å². The van der Waals surface area contributed by atoms with Crippen molar-refractivity contribution in [3.63, 3.8) is 0 Å². The van der Waals surface area contributed by atoms with Gasteiger partial charge in [0.15, 0.2) is 5.79 Å². The molecule has 0 amide bonds. The van der Waals surface area contributed by atoms with E-state index in [1.165, 1.54) is 11.1 Å². The minimum absolute atomic E-state index is 0.239. The van der Waals surface area contributed by atoms with Gasteiger partial charge in [-0.2, -0.15) is 0 Å². The summed E-state index contributed by atoms with van der Waals surface area (Å²) in [5.74, 6) is -0.239. The van der Waals surface area contributed by atoms with Crippen molar-refractivity contribution >= 4 is 0 Å². The highest BCUT2D eigenvalue weighted by atomic mass is 16.7. The third-order valence-corrected chi connectivity index (χ3v) is 3.16. The number of hydrogen-bond acceptors (Lipinski definition) is 2. The van der Waals surface area contributed by atoms with E-state index in [9.17, 15) is 0 Å². The summed E-state index contributed by atoms with van der Waals surface area (Å²) in [5, 5.41) is 0. The molecule has 0 unspecified atom stereocenters. The minimum Gasteiger partial charge on any atom is -0.348 e. The van der Waals surface area contributed by atoms with E-state index in [1.54, 1.807) is 0 Å². The van der Waals surface area contributed by atoms with Gasteiger partial charge in [0.05, 0.1) is 13.2 Å². The maximum atomic E-state index is 5.69. The second-order valence-corrected chi connectivity index (χ2v) is 4.74. The van der Waals surface area contributed by atoms with Crippen molar-refractivity contribution in [1.29, 1.82) is 0 Å². The first-order chi connectivity index (χ1) is 7.70. The molecule has 1 saturated heterocycles. The lowest BCUT2D eigenvalue weighted by Gasteiger charge is -2.32. The highest BCUT2D eigenvalue weighted by molar-refractivity contribution is 5.16. The fourth-order valence-corrected chi connectivity index (χ4v) is 2.23. The van der Waals surface area contributed by atoms with Crippen LogP contribution in [0.3, 0.4) is 0 Å². The average molecular weight is 220 g/mol. The summed E-state index contributed by atoms with van der Waals surface area (Å²) in [5.41, 5.74) is 5.91. The number of rotatable bonds is 1. The molecule has 0 aromatic rings. The predicted octanol–water partition coefficient (Wildman–Crippen LogP) is 3.35. The molecule has 0 atom stereocenters. The molecule has 1 spiro atoms. The van der Waals surface area contributed by atoms with Crippen molar-refractivity contribution in [2.75, 3.05) is 13.2 Å². The van der Waals surface area contributed by atoms with Gasteiger partial charge in [0.2, 0.25) is 0 Å². The van der Waals surface area contributed by atoms with Crippen molar-refractivity contribution in [3.05, 3.63) is 29.0 Å². The lowest BCUT2D eigenvalue weighted by Crippen LogP contribution is -2.33. The summed E-state index contributed by atoms with van der Waals surface area (Å²) in [6.45, 7) is 5.64. The molecule has 2 rings (SSSR count). The first kappa shape index (κ1) is 11.7. The number of hydrogen-bond donors (Lipinski definition) is 0. The van der Waals surface area contributed by atoms with Gasteiger partial charge in [-0.3, -0.25) is 0 Å². The topological polar surface area (TPSA) is 18.5 Å². The predicted molar refractivity (Wildman–Crippen MR) is 64.1 cm³/mol. The van der Waals surface area contributed by atoms with Crippen LogP contribution >= 0.6 is 0 Å². The Kier molecular flexibility index (Phi) is 3.65. The highest BCUT2D eigenvalue weighted by Gasteiger charge is 2.38. The molecule has 1 aliphatic carbocycles. The highest BCUT2D eigenvalue weighted by Crippen LogP contribution is 2.37.